The molecule has 0 fully saturated rings. The van der Waals surface area contributed by atoms with E-state index in [1.165, 1.54) is 38.0 Å². The topological polar surface area (TPSA) is 33.1 Å². The Morgan fingerprint density at radius 2 is 1.32 bits per heavy atom. The minimum atomic E-state index is 1.01. The molecule has 0 aliphatic carbocycles. The maximum atomic E-state index is 5.00. The van der Waals surface area contributed by atoms with Crippen LogP contribution in [0.2, 0.25) is 0 Å². The number of aromatic nitrogens is 3. The number of benzene rings is 4. The lowest BCUT2D eigenvalue weighted by molar-refractivity contribution is 1.32. The first kappa shape index (κ1) is 14.2. The normalized spacial score (nSPS) is 12.3. The van der Waals surface area contributed by atoms with Gasteiger partial charge in [-0.1, -0.05) is 48.5 Å². The van der Waals surface area contributed by atoms with Crippen molar-refractivity contribution >= 4 is 60.2 Å². The third-order valence-electron chi connectivity index (χ3n) is 5.88. The molecule has 0 atom stereocenters. The van der Waals surface area contributed by atoms with Crippen molar-refractivity contribution in [1.29, 1.82) is 0 Å². The molecule has 0 amide bonds. The van der Waals surface area contributed by atoms with E-state index >= 15 is 0 Å². The lowest BCUT2D eigenvalue weighted by Gasteiger charge is -2.09. The summed E-state index contributed by atoms with van der Waals surface area (Å²) in [5.41, 5.74) is 6.69. The van der Waals surface area contributed by atoms with E-state index in [4.69, 9.17) is 4.98 Å². The molecule has 3 aromatic heterocycles. The van der Waals surface area contributed by atoms with E-state index in [-0.39, 0.29) is 0 Å². The number of para-hydroxylation sites is 4. The molecule has 0 saturated heterocycles. The highest BCUT2D eigenvalue weighted by Crippen LogP contribution is 2.36. The van der Waals surface area contributed by atoms with Gasteiger partial charge in [0.2, 0.25) is 0 Å². The number of hydrogen-bond acceptors (Lipinski definition) is 1. The summed E-state index contributed by atoms with van der Waals surface area (Å²) in [7, 11) is 0. The molecule has 0 saturated carbocycles. The molecular formula is C25H15N3. The molecule has 0 unspecified atom stereocenters. The highest BCUT2D eigenvalue weighted by Gasteiger charge is 2.15. The Bertz CT molecular complexity index is 1720. The number of nitrogens with zero attached hydrogens (tertiary/aromatic N) is 2. The Hall–Kier alpha value is -3.85. The van der Waals surface area contributed by atoms with Crippen LogP contribution >= 0.6 is 0 Å². The summed E-state index contributed by atoms with van der Waals surface area (Å²) >= 11 is 0. The predicted octanol–water partition coefficient (Wildman–Crippen LogP) is 6.43. The minimum absolute atomic E-state index is 1.01. The van der Waals surface area contributed by atoms with Crippen LogP contribution in [0.25, 0.3) is 60.2 Å². The van der Waals surface area contributed by atoms with Crippen LogP contribution in [0.1, 0.15) is 0 Å². The van der Waals surface area contributed by atoms with Crippen LogP contribution in [0.3, 0.4) is 0 Å². The Morgan fingerprint density at radius 3 is 2.25 bits per heavy atom. The van der Waals surface area contributed by atoms with Crippen LogP contribution in [-0.4, -0.2) is 14.4 Å². The lowest BCUT2D eigenvalue weighted by Crippen LogP contribution is -1.91. The van der Waals surface area contributed by atoms with Gasteiger partial charge in [0.05, 0.1) is 16.6 Å². The van der Waals surface area contributed by atoms with Crippen molar-refractivity contribution in [3.05, 3.63) is 84.9 Å². The molecule has 0 aliphatic rings. The van der Waals surface area contributed by atoms with E-state index in [9.17, 15) is 0 Å². The number of aromatic amines is 1. The van der Waals surface area contributed by atoms with Crippen LogP contribution in [0.5, 0.6) is 0 Å². The van der Waals surface area contributed by atoms with Crippen molar-refractivity contribution in [1.82, 2.24) is 14.4 Å². The van der Waals surface area contributed by atoms with Crippen molar-refractivity contribution in [3.63, 3.8) is 0 Å². The summed E-state index contributed by atoms with van der Waals surface area (Å²) in [6, 6.07) is 30.1. The van der Waals surface area contributed by atoms with E-state index in [1.807, 2.05) is 0 Å². The summed E-state index contributed by atoms with van der Waals surface area (Å²) in [6.07, 6.45) is 0. The molecule has 3 heterocycles. The number of nitrogens with one attached hydrogen (secondary N) is 1. The van der Waals surface area contributed by atoms with Crippen molar-refractivity contribution < 1.29 is 0 Å². The van der Waals surface area contributed by atoms with Gasteiger partial charge in [0.1, 0.15) is 5.65 Å². The summed E-state index contributed by atoms with van der Waals surface area (Å²) < 4.78 is 2.29. The minimum Gasteiger partial charge on any atom is -0.354 e. The van der Waals surface area contributed by atoms with Crippen LogP contribution in [0, 0.1) is 0 Å². The molecule has 0 spiro atoms. The van der Waals surface area contributed by atoms with Gasteiger partial charge in [0.15, 0.2) is 0 Å². The molecule has 0 radical (unpaired) electrons. The largest absolute Gasteiger partial charge is 0.354 e. The van der Waals surface area contributed by atoms with Crippen molar-refractivity contribution in [3.8, 4) is 0 Å². The molecule has 7 rings (SSSR count). The van der Waals surface area contributed by atoms with Crippen molar-refractivity contribution in [2.75, 3.05) is 0 Å². The standard InChI is InChI=1S/C25H15N3/c1-3-9-20-15(7-1)18-13-17-16-8-2-5-11-23(16)28-24-12-6-4-10-21(24)27-25(28)19(17)14-22(18)26-20/h1-14,26H. The van der Waals surface area contributed by atoms with Crippen LogP contribution < -0.4 is 0 Å². The Balaban J connectivity index is 1.83. The Morgan fingerprint density at radius 1 is 0.571 bits per heavy atom. The van der Waals surface area contributed by atoms with Gasteiger partial charge in [-0.05, 0) is 41.8 Å². The van der Waals surface area contributed by atoms with E-state index < -0.39 is 0 Å². The lowest BCUT2D eigenvalue weighted by atomic mass is 10.0. The number of H-pyrrole nitrogens is 1. The first-order valence-electron chi connectivity index (χ1n) is 9.50. The van der Waals surface area contributed by atoms with E-state index in [1.54, 1.807) is 0 Å². The highest BCUT2D eigenvalue weighted by atomic mass is 15.0. The fourth-order valence-corrected chi connectivity index (χ4v) is 4.65. The monoisotopic (exact) mass is 357 g/mol. The molecule has 4 aromatic carbocycles. The summed E-state index contributed by atoms with van der Waals surface area (Å²) in [5, 5.41) is 6.19. The van der Waals surface area contributed by atoms with Gasteiger partial charge in [-0.3, -0.25) is 4.40 Å². The van der Waals surface area contributed by atoms with E-state index in [0.29, 0.717) is 0 Å². The summed E-state index contributed by atoms with van der Waals surface area (Å²) in [6.45, 7) is 0. The quantitative estimate of drug-likeness (QED) is 0.312. The SMILES string of the molecule is c1ccc2c(c1)nc1c3cc4[nH]c5ccccc5c4cc3c3ccccc3n21. The second-order valence-electron chi connectivity index (χ2n) is 7.39. The summed E-state index contributed by atoms with van der Waals surface area (Å²) in [5.74, 6) is 0. The van der Waals surface area contributed by atoms with Gasteiger partial charge in [-0.15, -0.1) is 0 Å². The van der Waals surface area contributed by atoms with Gasteiger partial charge in [-0.2, -0.15) is 0 Å². The van der Waals surface area contributed by atoms with E-state index in [2.05, 4.69) is 94.3 Å². The second-order valence-corrected chi connectivity index (χ2v) is 7.39. The molecular weight excluding hydrogens is 342 g/mol. The average Bonchev–Trinajstić information content (AvgIpc) is 3.31. The number of rotatable bonds is 0. The molecule has 130 valence electrons. The van der Waals surface area contributed by atoms with Crippen LogP contribution in [-0.2, 0) is 0 Å². The zero-order valence-electron chi connectivity index (χ0n) is 15.0. The van der Waals surface area contributed by atoms with E-state index in [0.717, 1.165) is 22.2 Å². The Labute approximate surface area is 159 Å². The third kappa shape index (κ3) is 1.66. The number of fused-ring (bicyclic) bond motifs is 11. The molecule has 0 aliphatic heterocycles. The zero-order chi connectivity index (χ0) is 18.2. The van der Waals surface area contributed by atoms with Gasteiger partial charge in [0, 0.05) is 32.6 Å². The molecule has 1 N–H and O–H groups in total. The van der Waals surface area contributed by atoms with Gasteiger partial charge < -0.3 is 4.98 Å². The maximum absolute atomic E-state index is 5.00. The first-order chi connectivity index (χ1) is 13.9. The fraction of sp³-hybridized carbons (Fsp3) is 0. The van der Waals surface area contributed by atoms with Crippen LogP contribution in [0.4, 0.5) is 0 Å². The van der Waals surface area contributed by atoms with Gasteiger partial charge in [0.25, 0.3) is 0 Å². The number of hydrogen-bond donors (Lipinski definition) is 1. The molecule has 7 aromatic rings. The van der Waals surface area contributed by atoms with Gasteiger partial charge >= 0.3 is 0 Å². The third-order valence-corrected chi connectivity index (χ3v) is 5.88. The summed E-state index contributed by atoms with van der Waals surface area (Å²) in [4.78, 5) is 8.58. The van der Waals surface area contributed by atoms with Crippen molar-refractivity contribution in [2.45, 2.75) is 0 Å². The maximum Gasteiger partial charge on any atom is 0.146 e. The molecule has 0 bridgehead atoms. The number of imidazole rings is 1. The fourth-order valence-electron chi connectivity index (χ4n) is 4.65. The second kappa shape index (κ2) is 4.90. The highest BCUT2D eigenvalue weighted by molar-refractivity contribution is 6.20. The molecule has 3 nitrogen and oxygen atoms in total. The smallest absolute Gasteiger partial charge is 0.146 e. The van der Waals surface area contributed by atoms with Crippen molar-refractivity contribution in [2.24, 2.45) is 0 Å². The predicted molar refractivity (Wildman–Crippen MR) is 117 cm³/mol. The molecule has 3 heteroatoms. The average molecular weight is 357 g/mol. The van der Waals surface area contributed by atoms with Gasteiger partial charge in [-0.25, -0.2) is 4.98 Å². The number of pyridine rings is 1. The molecule has 28 heavy (non-hydrogen) atoms. The van der Waals surface area contributed by atoms with Crippen LogP contribution in [0.15, 0.2) is 84.9 Å². The Kier molecular flexibility index (Phi) is 2.49. The zero-order valence-corrected chi connectivity index (χ0v) is 15.0. The first-order valence-corrected chi connectivity index (χ1v) is 9.50.